The van der Waals surface area contributed by atoms with Crippen molar-refractivity contribution >= 4 is 34.5 Å². The molecule has 1 aliphatic rings. The highest BCUT2D eigenvalue weighted by Crippen LogP contribution is 2.40. The first kappa shape index (κ1) is 14.9. The number of methoxy groups -OCH3 is 1. The largest absolute Gasteiger partial charge is 0.479 e. The molecule has 0 aliphatic carbocycles. The molecular weight excluding hydrogens is 308 g/mol. The summed E-state index contributed by atoms with van der Waals surface area (Å²) in [5.41, 5.74) is 1.49. The summed E-state index contributed by atoms with van der Waals surface area (Å²) in [4.78, 5) is 13.2. The molecule has 2 atom stereocenters. The number of ether oxygens (including phenoxy) is 1. The third kappa shape index (κ3) is 2.71. The van der Waals surface area contributed by atoms with E-state index in [0.717, 1.165) is 18.0 Å². The highest BCUT2D eigenvalue weighted by molar-refractivity contribution is 8.00. The minimum absolute atomic E-state index is 0.182. The van der Waals surface area contributed by atoms with Gasteiger partial charge in [0.05, 0.1) is 12.5 Å². The Labute approximate surface area is 133 Å². The average Bonchev–Trinajstić information content (AvgIpc) is 3.04. The number of alkyl halides is 1. The molecule has 2 unspecified atom stereocenters. The van der Waals surface area contributed by atoms with Gasteiger partial charge in [-0.25, -0.2) is 9.97 Å². The van der Waals surface area contributed by atoms with Gasteiger partial charge in [-0.05, 0) is 32.4 Å². The predicted octanol–water partition coefficient (Wildman–Crippen LogP) is 3.42. The van der Waals surface area contributed by atoms with Gasteiger partial charge in [0.15, 0.2) is 11.2 Å². The zero-order valence-electron chi connectivity index (χ0n) is 12.5. The van der Waals surface area contributed by atoms with Crippen LogP contribution in [0.5, 0.6) is 5.88 Å². The van der Waals surface area contributed by atoms with Gasteiger partial charge in [-0.2, -0.15) is 16.7 Å². The second-order valence-corrected chi connectivity index (χ2v) is 7.97. The van der Waals surface area contributed by atoms with E-state index in [1.807, 2.05) is 18.7 Å². The molecular formula is C14H19ClN4OS. The zero-order valence-corrected chi connectivity index (χ0v) is 14.0. The minimum Gasteiger partial charge on any atom is -0.479 e. The topological polar surface area (TPSA) is 52.8 Å². The second-order valence-electron chi connectivity index (χ2n) is 5.63. The molecule has 1 aliphatic heterocycles. The van der Waals surface area contributed by atoms with Crippen molar-refractivity contribution in [3.63, 3.8) is 0 Å². The molecule has 7 heteroatoms. The Balaban J connectivity index is 2.12. The molecule has 0 amide bonds. The number of imidazole rings is 1. The van der Waals surface area contributed by atoms with Gasteiger partial charge in [0.25, 0.3) is 0 Å². The molecule has 2 aromatic heterocycles. The quantitative estimate of drug-likeness (QED) is 0.806. The van der Waals surface area contributed by atoms with Crippen molar-refractivity contribution in [3.8, 4) is 5.88 Å². The van der Waals surface area contributed by atoms with Crippen LogP contribution in [0.4, 0.5) is 0 Å². The maximum atomic E-state index is 6.33. The third-order valence-corrected chi connectivity index (χ3v) is 5.59. The fourth-order valence-electron chi connectivity index (χ4n) is 2.84. The van der Waals surface area contributed by atoms with E-state index >= 15 is 0 Å². The molecule has 3 rings (SSSR count). The third-order valence-electron chi connectivity index (χ3n) is 3.87. The van der Waals surface area contributed by atoms with Crippen molar-refractivity contribution in [3.05, 3.63) is 12.2 Å². The fourth-order valence-corrected chi connectivity index (χ4v) is 4.29. The van der Waals surface area contributed by atoms with Crippen LogP contribution in [0.25, 0.3) is 11.2 Å². The van der Waals surface area contributed by atoms with Gasteiger partial charge in [-0.15, -0.1) is 11.6 Å². The highest BCUT2D eigenvalue weighted by Gasteiger charge is 2.32. The van der Waals surface area contributed by atoms with Gasteiger partial charge >= 0.3 is 0 Å². The van der Waals surface area contributed by atoms with Crippen LogP contribution in [-0.2, 0) is 6.54 Å². The minimum atomic E-state index is -0.182. The summed E-state index contributed by atoms with van der Waals surface area (Å²) in [5, 5.41) is -0.182. The number of hydrogen-bond acceptors (Lipinski definition) is 5. The van der Waals surface area contributed by atoms with Gasteiger partial charge in [-0.1, -0.05) is 0 Å². The summed E-state index contributed by atoms with van der Waals surface area (Å²) in [5.74, 6) is 2.55. The van der Waals surface area contributed by atoms with Gasteiger partial charge in [0.2, 0.25) is 5.88 Å². The molecule has 0 spiro atoms. The number of nitrogens with zero attached hydrogens (tertiary/aromatic N) is 4. The van der Waals surface area contributed by atoms with Gasteiger partial charge in [0.1, 0.15) is 12.2 Å². The van der Waals surface area contributed by atoms with E-state index in [9.17, 15) is 0 Å². The highest BCUT2D eigenvalue weighted by atomic mass is 35.5. The lowest BCUT2D eigenvalue weighted by atomic mass is 10.1. The Bertz CT molecular complexity index is 652. The molecule has 1 fully saturated rings. The van der Waals surface area contributed by atoms with E-state index in [2.05, 4.69) is 26.4 Å². The van der Waals surface area contributed by atoms with Crippen LogP contribution >= 0.6 is 23.4 Å². The Morgan fingerprint density at radius 2 is 2.33 bits per heavy atom. The average molecular weight is 327 g/mol. The van der Waals surface area contributed by atoms with E-state index < -0.39 is 0 Å². The molecule has 2 aromatic rings. The summed E-state index contributed by atoms with van der Waals surface area (Å²) in [6.45, 7) is 5.10. The van der Waals surface area contributed by atoms with E-state index in [1.165, 1.54) is 24.9 Å². The molecule has 114 valence electrons. The molecule has 0 N–H and O–H groups in total. The molecule has 5 nitrogen and oxygen atoms in total. The van der Waals surface area contributed by atoms with Crippen molar-refractivity contribution in [1.82, 2.24) is 19.5 Å². The predicted molar refractivity (Wildman–Crippen MR) is 86.2 cm³/mol. The summed E-state index contributed by atoms with van der Waals surface area (Å²) < 4.78 is 7.64. The molecule has 0 bridgehead atoms. The summed E-state index contributed by atoms with van der Waals surface area (Å²) in [6.07, 6.45) is 3.99. The second kappa shape index (κ2) is 5.65. The molecule has 3 heterocycles. The van der Waals surface area contributed by atoms with Gasteiger partial charge in [-0.3, -0.25) is 0 Å². The summed E-state index contributed by atoms with van der Waals surface area (Å²) in [7, 11) is 1.60. The van der Waals surface area contributed by atoms with Crippen molar-refractivity contribution in [2.45, 2.75) is 43.4 Å². The van der Waals surface area contributed by atoms with Crippen molar-refractivity contribution in [2.24, 2.45) is 0 Å². The Morgan fingerprint density at radius 3 is 2.95 bits per heavy atom. The first-order chi connectivity index (χ1) is 10.0. The Hall–Kier alpha value is -1.01. The zero-order chi connectivity index (χ0) is 15.0. The van der Waals surface area contributed by atoms with Crippen LogP contribution in [-0.4, -0.2) is 37.1 Å². The lowest BCUT2D eigenvalue weighted by Gasteiger charge is -2.24. The Morgan fingerprint density at radius 1 is 1.52 bits per heavy atom. The van der Waals surface area contributed by atoms with Crippen molar-refractivity contribution < 1.29 is 4.74 Å². The van der Waals surface area contributed by atoms with Crippen LogP contribution in [0, 0.1) is 0 Å². The number of hydrogen-bond donors (Lipinski definition) is 0. The fraction of sp³-hybridized carbons (Fsp3) is 0.643. The number of aromatic nitrogens is 4. The van der Waals surface area contributed by atoms with Crippen LogP contribution < -0.4 is 4.74 Å². The summed E-state index contributed by atoms with van der Waals surface area (Å²) in [6, 6.07) is 0. The van der Waals surface area contributed by atoms with Gasteiger partial charge < -0.3 is 9.30 Å². The first-order valence-electron chi connectivity index (χ1n) is 7.07. The van der Waals surface area contributed by atoms with Crippen LogP contribution in [0.15, 0.2) is 6.33 Å². The van der Waals surface area contributed by atoms with Crippen LogP contribution in [0.2, 0.25) is 0 Å². The lowest BCUT2D eigenvalue weighted by Crippen LogP contribution is -2.25. The van der Waals surface area contributed by atoms with Crippen LogP contribution in [0.1, 0.15) is 37.9 Å². The Kier molecular flexibility index (Phi) is 4.01. The normalized spacial score (nSPS) is 23.6. The number of halogens is 1. The lowest BCUT2D eigenvalue weighted by molar-refractivity contribution is 0.401. The number of rotatable bonds is 4. The maximum Gasteiger partial charge on any atom is 0.245 e. The van der Waals surface area contributed by atoms with Crippen molar-refractivity contribution in [2.75, 3.05) is 12.9 Å². The molecule has 0 saturated carbocycles. The smallest absolute Gasteiger partial charge is 0.245 e. The van der Waals surface area contributed by atoms with E-state index in [0.29, 0.717) is 11.4 Å². The summed E-state index contributed by atoms with van der Waals surface area (Å²) >= 11 is 8.34. The molecule has 21 heavy (non-hydrogen) atoms. The SMILES string of the molecule is COc1ncnc2c1nc(C(C)Cl)n2CC1(C)CCCS1. The first-order valence-corrected chi connectivity index (χ1v) is 8.49. The van der Waals surface area contributed by atoms with E-state index in [-0.39, 0.29) is 10.1 Å². The molecule has 0 radical (unpaired) electrons. The van der Waals surface area contributed by atoms with Gasteiger partial charge in [0, 0.05) is 11.3 Å². The maximum absolute atomic E-state index is 6.33. The monoisotopic (exact) mass is 326 g/mol. The van der Waals surface area contributed by atoms with E-state index in [1.54, 1.807) is 7.11 Å². The van der Waals surface area contributed by atoms with Crippen molar-refractivity contribution in [1.29, 1.82) is 0 Å². The van der Waals surface area contributed by atoms with Crippen LogP contribution in [0.3, 0.4) is 0 Å². The van der Waals surface area contributed by atoms with E-state index in [4.69, 9.17) is 16.3 Å². The number of thioether (sulfide) groups is 1. The molecule has 1 saturated heterocycles. The standard InChI is InChI=1S/C14H19ClN4OS/c1-9(15)11-18-10-12(16-8-17-13(10)20-3)19(11)7-14(2)5-4-6-21-14/h8-9H,4-7H2,1-3H3. The number of fused-ring (bicyclic) bond motifs is 1. The molecule has 0 aromatic carbocycles.